The first-order valence-electron chi connectivity index (χ1n) is 7.19. The Labute approximate surface area is 130 Å². The van der Waals surface area contributed by atoms with Crippen LogP contribution in [0.3, 0.4) is 0 Å². The summed E-state index contributed by atoms with van der Waals surface area (Å²) in [5.41, 5.74) is 1.80. The zero-order chi connectivity index (χ0) is 16.3. The van der Waals surface area contributed by atoms with E-state index in [0.29, 0.717) is 5.82 Å². The minimum Gasteiger partial charge on any atom is -0.331 e. The summed E-state index contributed by atoms with van der Waals surface area (Å²) in [6.45, 7) is 10.1. The van der Waals surface area contributed by atoms with Crippen molar-refractivity contribution in [2.45, 2.75) is 46.2 Å². The Bertz CT molecular complexity index is 644. The number of carbonyl (C=O) groups is 1. The highest BCUT2D eigenvalue weighted by Gasteiger charge is 2.20. The molecule has 0 fully saturated rings. The summed E-state index contributed by atoms with van der Waals surface area (Å²) in [5.74, 6) is 0.411. The molecule has 0 saturated carbocycles. The van der Waals surface area contributed by atoms with Crippen molar-refractivity contribution >= 4 is 11.8 Å². The van der Waals surface area contributed by atoms with Crippen molar-refractivity contribution in [3.63, 3.8) is 0 Å². The number of nitrogens with one attached hydrogen (secondary N) is 2. The van der Waals surface area contributed by atoms with Gasteiger partial charge < -0.3 is 5.32 Å². The molecule has 2 amide bonds. The van der Waals surface area contributed by atoms with Crippen LogP contribution in [0.4, 0.5) is 10.6 Å². The maximum atomic E-state index is 12.0. The summed E-state index contributed by atoms with van der Waals surface area (Å²) in [4.78, 5) is 12.0. The minimum absolute atomic E-state index is 0.0926. The number of hydrogen-bond acceptors (Lipinski definition) is 4. The fraction of sp³-hybridized carbons (Fsp3) is 0.467. The van der Waals surface area contributed by atoms with Gasteiger partial charge in [-0.25, -0.2) is 4.79 Å². The number of urea groups is 1. The fourth-order valence-corrected chi connectivity index (χ4v) is 2.04. The van der Waals surface area contributed by atoms with Crippen LogP contribution in [0.1, 0.15) is 45.0 Å². The quantitative estimate of drug-likeness (QED) is 0.912. The summed E-state index contributed by atoms with van der Waals surface area (Å²) in [7, 11) is 0. The first kappa shape index (κ1) is 15.9. The van der Waals surface area contributed by atoms with Crippen LogP contribution in [0, 0.1) is 6.92 Å². The standard InChI is InChI=1S/C15H22N6O/c1-10(12-9-21(15(3,4)5)20-11(12)2)17-14(22)18-13-7-6-8-16-19-13/h6-10H,1-5H3,(H2,17,18,19,22). The monoisotopic (exact) mass is 302 g/mol. The van der Waals surface area contributed by atoms with Crippen molar-refractivity contribution in [3.05, 3.63) is 35.8 Å². The molecule has 0 aliphatic heterocycles. The lowest BCUT2D eigenvalue weighted by atomic mass is 10.1. The van der Waals surface area contributed by atoms with Crippen LogP contribution in [0.25, 0.3) is 0 Å². The molecular formula is C15H22N6O. The molecule has 1 atom stereocenters. The maximum absolute atomic E-state index is 12.0. The molecule has 2 heterocycles. The van der Waals surface area contributed by atoms with Crippen LogP contribution in [0.2, 0.25) is 0 Å². The third kappa shape index (κ3) is 3.81. The topological polar surface area (TPSA) is 84.7 Å². The Morgan fingerprint density at radius 2 is 2.09 bits per heavy atom. The van der Waals surface area contributed by atoms with Gasteiger partial charge in [-0.05, 0) is 46.8 Å². The Balaban J connectivity index is 2.04. The number of carbonyl (C=O) groups excluding carboxylic acids is 1. The van der Waals surface area contributed by atoms with Gasteiger partial charge in [0.1, 0.15) is 0 Å². The molecule has 2 aromatic rings. The molecule has 7 nitrogen and oxygen atoms in total. The summed E-state index contributed by atoms with van der Waals surface area (Å²) < 4.78 is 1.91. The number of hydrogen-bond donors (Lipinski definition) is 2. The van der Waals surface area contributed by atoms with E-state index in [-0.39, 0.29) is 17.6 Å². The highest BCUT2D eigenvalue weighted by molar-refractivity contribution is 5.88. The highest BCUT2D eigenvalue weighted by Crippen LogP contribution is 2.21. The fourth-order valence-electron chi connectivity index (χ4n) is 2.04. The van der Waals surface area contributed by atoms with Crippen LogP contribution in [-0.2, 0) is 5.54 Å². The second-order valence-electron chi connectivity index (χ2n) is 6.21. The van der Waals surface area contributed by atoms with E-state index < -0.39 is 0 Å². The van der Waals surface area contributed by atoms with Crippen molar-refractivity contribution in [3.8, 4) is 0 Å². The van der Waals surface area contributed by atoms with E-state index in [0.717, 1.165) is 11.3 Å². The number of rotatable bonds is 3. The van der Waals surface area contributed by atoms with Crippen molar-refractivity contribution in [1.82, 2.24) is 25.3 Å². The van der Waals surface area contributed by atoms with Crippen molar-refractivity contribution < 1.29 is 4.79 Å². The molecular weight excluding hydrogens is 280 g/mol. The van der Waals surface area contributed by atoms with Gasteiger partial charge in [0.25, 0.3) is 0 Å². The summed E-state index contributed by atoms with van der Waals surface area (Å²) in [6, 6.07) is 2.91. The van der Waals surface area contributed by atoms with Crippen LogP contribution < -0.4 is 10.6 Å². The normalized spacial score (nSPS) is 12.8. The van der Waals surface area contributed by atoms with Gasteiger partial charge in [-0.2, -0.15) is 10.2 Å². The van der Waals surface area contributed by atoms with E-state index >= 15 is 0 Å². The summed E-state index contributed by atoms with van der Waals surface area (Å²) >= 11 is 0. The van der Waals surface area contributed by atoms with Gasteiger partial charge in [0.05, 0.1) is 17.3 Å². The lowest BCUT2D eigenvalue weighted by molar-refractivity contribution is 0.249. The molecule has 0 saturated heterocycles. The van der Waals surface area contributed by atoms with Gasteiger partial charge in [0.15, 0.2) is 5.82 Å². The largest absolute Gasteiger partial charge is 0.331 e. The van der Waals surface area contributed by atoms with Gasteiger partial charge in [0.2, 0.25) is 0 Å². The number of aryl methyl sites for hydroxylation is 1. The SMILES string of the molecule is Cc1nn(C(C)(C)C)cc1C(C)NC(=O)Nc1cccnn1. The molecule has 0 aliphatic rings. The lowest BCUT2D eigenvalue weighted by Crippen LogP contribution is -2.31. The van der Waals surface area contributed by atoms with Gasteiger partial charge in [-0.15, -0.1) is 5.10 Å². The molecule has 0 spiro atoms. The first-order chi connectivity index (χ1) is 10.3. The van der Waals surface area contributed by atoms with Crippen molar-refractivity contribution in [2.75, 3.05) is 5.32 Å². The predicted molar refractivity (Wildman–Crippen MR) is 84.6 cm³/mol. The summed E-state index contributed by atoms with van der Waals surface area (Å²) in [6.07, 6.45) is 3.53. The number of anilines is 1. The second-order valence-corrected chi connectivity index (χ2v) is 6.21. The minimum atomic E-state index is -0.323. The molecule has 1 unspecified atom stereocenters. The molecule has 2 aromatic heterocycles. The van der Waals surface area contributed by atoms with E-state index in [9.17, 15) is 4.79 Å². The van der Waals surface area contributed by atoms with E-state index in [1.54, 1.807) is 18.3 Å². The smallest absolute Gasteiger partial charge is 0.320 e. The van der Waals surface area contributed by atoms with Gasteiger partial charge in [0, 0.05) is 18.0 Å². The van der Waals surface area contributed by atoms with E-state index in [2.05, 4.69) is 46.7 Å². The van der Waals surface area contributed by atoms with Crippen LogP contribution in [0.15, 0.2) is 24.5 Å². The molecule has 0 bridgehead atoms. The summed E-state index contributed by atoms with van der Waals surface area (Å²) in [5, 5.41) is 17.6. The third-order valence-electron chi connectivity index (χ3n) is 3.25. The highest BCUT2D eigenvalue weighted by atomic mass is 16.2. The number of amides is 2. The average molecular weight is 302 g/mol. The first-order valence-corrected chi connectivity index (χ1v) is 7.19. The van der Waals surface area contributed by atoms with Crippen molar-refractivity contribution in [2.24, 2.45) is 0 Å². The van der Waals surface area contributed by atoms with Crippen LogP contribution >= 0.6 is 0 Å². The predicted octanol–water partition coefficient (Wildman–Crippen LogP) is 2.62. The van der Waals surface area contributed by atoms with E-state index in [1.807, 2.05) is 24.7 Å². The maximum Gasteiger partial charge on any atom is 0.320 e. The van der Waals surface area contributed by atoms with E-state index in [4.69, 9.17) is 0 Å². The van der Waals surface area contributed by atoms with Gasteiger partial charge in [-0.3, -0.25) is 10.00 Å². The molecule has 0 aliphatic carbocycles. The molecule has 7 heteroatoms. The zero-order valence-electron chi connectivity index (χ0n) is 13.6. The molecule has 0 radical (unpaired) electrons. The molecule has 2 rings (SSSR count). The van der Waals surface area contributed by atoms with Crippen molar-refractivity contribution in [1.29, 1.82) is 0 Å². The van der Waals surface area contributed by atoms with Crippen LogP contribution in [0.5, 0.6) is 0 Å². The number of nitrogens with zero attached hydrogens (tertiary/aromatic N) is 4. The van der Waals surface area contributed by atoms with Gasteiger partial charge >= 0.3 is 6.03 Å². The lowest BCUT2D eigenvalue weighted by Gasteiger charge is -2.19. The van der Waals surface area contributed by atoms with Crippen LogP contribution in [-0.4, -0.2) is 26.0 Å². The van der Waals surface area contributed by atoms with Gasteiger partial charge in [-0.1, -0.05) is 0 Å². The Morgan fingerprint density at radius 3 is 2.64 bits per heavy atom. The Kier molecular flexibility index (Phi) is 4.44. The molecule has 2 N–H and O–H groups in total. The second kappa shape index (κ2) is 6.13. The third-order valence-corrected chi connectivity index (χ3v) is 3.25. The molecule has 22 heavy (non-hydrogen) atoms. The molecule has 118 valence electrons. The average Bonchev–Trinajstić information content (AvgIpc) is 2.82. The van der Waals surface area contributed by atoms with E-state index in [1.165, 1.54) is 0 Å². The Hall–Kier alpha value is -2.44. The Morgan fingerprint density at radius 1 is 1.36 bits per heavy atom. The number of aromatic nitrogens is 4. The zero-order valence-corrected chi connectivity index (χ0v) is 13.6. The molecule has 0 aromatic carbocycles.